The van der Waals surface area contributed by atoms with Crippen molar-refractivity contribution in [2.45, 2.75) is 0 Å². The second-order valence-corrected chi connectivity index (χ2v) is 6.31. The van der Waals surface area contributed by atoms with Crippen molar-refractivity contribution < 1.29 is 9.21 Å². The van der Waals surface area contributed by atoms with E-state index in [9.17, 15) is 4.79 Å². The largest absolute Gasteiger partial charge is 0.463 e. The van der Waals surface area contributed by atoms with E-state index in [2.05, 4.69) is 15.6 Å². The van der Waals surface area contributed by atoms with Crippen LogP contribution in [0.25, 0.3) is 17.1 Å². The van der Waals surface area contributed by atoms with Crippen LogP contribution in [0.4, 0.5) is 0 Å². The van der Waals surface area contributed by atoms with Crippen LogP contribution < -0.4 is 5.43 Å². The molecule has 0 aliphatic carbocycles. The summed E-state index contributed by atoms with van der Waals surface area (Å²) in [7, 11) is 0. The highest BCUT2D eigenvalue weighted by molar-refractivity contribution is 7.12. The Morgan fingerprint density at radius 2 is 2.04 bits per heavy atom. The van der Waals surface area contributed by atoms with Gasteiger partial charge in [0.1, 0.15) is 5.69 Å². The summed E-state index contributed by atoms with van der Waals surface area (Å²) in [5.74, 6) is 0.386. The summed E-state index contributed by atoms with van der Waals surface area (Å²) in [5, 5.41) is 10.5. The zero-order valence-electron chi connectivity index (χ0n) is 13.6. The van der Waals surface area contributed by atoms with Gasteiger partial charge in [0.05, 0.1) is 23.0 Å². The molecule has 128 valence electrons. The van der Waals surface area contributed by atoms with Gasteiger partial charge in [0.15, 0.2) is 5.76 Å². The number of amides is 1. The first-order valence-electron chi connectivity index (χ1n) is 7.87. The average molecular weight is 362 g/mol. The van der Waals surface area contributed by atoms with Crippen LogP contribution in [0.3, 0.4) is 0 Å². The molecule has 0 aliphatic rings. The lowest BCUT2D eigenvalue weighted by molar-refractivity contribution is 0.0959. The summed E-state index contributed by atoms with van der Waals surface area (Å²) < 4.78 is 7.22. The summed E-state index contributed by atoms with van der Waals surface area (Å²) in [5.41, 5.74) is 4.83. The fraction of sp³-hybridized carbons (Fsp3) is 0. The molecule has 1 N–H and O–H groups in total. The maximum absolute atomic E-state index is 12.0. The molecule has 3 heterocycles. The third-order valence-corrected chi connectivity index (χ3v) is 4.50. The van der Waals surface area contributed by atoms with Crippen LogP contribution in [-0.4, -0.2) is 21.9 Å². The summed E-state index contributed by atoms with van der Waals surface area (Å²) >= 11 is 1.36. The molecule has 1 amide bonds. The zero-order valence-corrected chi connectivity index (χ0v) is 14.4. The highest BCUT2D eigenvalue weighted by Gasteiger charge is 2.13. The molecule has 26 heavy (non-hydrogen) atoms. The number of nitrogens with one attached hydrogen (secondary N) is 1. The number of rotatable bonds is 5. The number of furan rings is 1. The molecule has 0 aliphatic heterocycles. The predicted octanol–water partition coefficient (Wildman–Crippen LogP) is 3.96. The Balaban J connectivity index is 1.63. The second kappa shape index (κ2) is 7.20. The molecule has 4 rings (SSSR count). The minimum atomic E-state index is -0.244. The van der Waals surface area contributed by atoms with Gasteiger partial charge in [-0.15, -0.1) is 11.3 Å². The molecule has 0 fully saturated rings. The highest BCUT2D eigenvalue weighted by Crippen LogP contribution is 2.23. The molecule has 6 nitrogen and oxygen atoms in total. The topological polar surface area (TPSA) is 72.4 Å². The van der Waals surface area contributed by atoms with Crippen LogP contribution >= 0.6 is 11.3 Å². The molecule has 3 aromatic heterocycles. The summed E-state index contributed by atoms with van der Waals surface area (Å²) in [6.45, 7) is 0. The van der Waals surface area contributed by atoms with Gasteiger partial charge in [-0.05, 0) is 35.7 Å². The van der Waals surface area contributed by atoms with E-state index in [1.807, 2.05) is 54.0 Å². The number of aromatic nitrogens is 2. The number of para-hydroxylation sites is 1. The van der Waals surface area contributed by atoms with E-state index in [0.29, 0.717) is 16.3 Å². The van der Waals surface area contributed by atoms with E-state index >= 15 is 0 Å². The van der Waals surface area contributed by atoms with Crippen molar-refractivity contribution in [3.05, 3.63) is 82.9 Å². The van der Waals surface area contributed by atoms with Crippen LogP contribution in [0.1, 0.15) is 15.2 Å². The standard InChI is InChI=1S/C19H14N4O2S/c24-19(17-9-5-11-26-17)21-20-12-14-13-23(15-6-2-1-3-7-15)22-18(14)16-8-4-10-25-16/h1-13H,(H,21,24)/b20-12+. The van der Waals surface area contributed by atoms with Crippen molar-refractivity contribution in [2.75, 3.05) is 0 Å². The lowest BCUT2D eigenvalue weighted by Crippen LogP contribution is -2.16. The molecular formula is C19H14N4O2S. The molecule has 0 saturated heterocycles. The van der Waals surface area contributed by atoms with Gasteiger partial charge in [-0.2, -0.15) is 10.2 Å². The first kappa shape index (κ1) is 16.0. The molecule has 1 aromatic carbocycles. The van der Waals surface area contributed by atoms with Gasteiger partial charge < -0.3 is 4.42 Å². The molecular weight excluding hydrogens is 348 g/mol. The molecule has 0 saturated carbocycles. The molecule has 4 aromatic rings. The monoisotopic (exact) mass is 362 g/mol. The van der Waals surface area contributed by atoms with Crippen molar-refractivity contribution in [1.29, 1.82) is 0 Å². The lowest BCUT2D eigenvalue weighted by Gasteiger charge is -1.98. The van der Waals surface area contributed by atoms with Gasteiger partial charge in [-0.3, -0.25) is 4.79 Å². The highest BCUT2D eigenvalue weighted by atomic mass is 32.1. The van der Waals surface area contributed by atoms with Gasteiger partial charge in [0.2, 0.25) is 0 Å². The van der Waals surface area contributed by atoms with Gasteiger partial charge in [-0.25, -0.2) is 10.1 Å². The number of hydrogen-bond acceptors (Lipinski definition) is 5. The first-order valence-corrected chi connectivity index (χ1v) is 8.75. The van der Waals surface area contributed by atoms with E-state index in [1.54, 1.807) is 29.3 Å². The van der Waals surface area contributed by atoms with E-state index in [1.165, 1.54) is 11.3 Å². The minimum absolute atomic E-state index is 0.244. The fourth-order valence-corrected chi connectivity index (χ4v) is 3.04. The average Bonchev–Trinajstić information content (AvgIpc) is 3.42. The van der Waals surface area contributed by atoms with E-state index < -0.39 is 0 Å². The van der Waals surface area contributed by atoms with Crippen LogP contribution in [0, 0.1) is 0 Å². The third kappa shape index (κ3) is 3.33. The quantitative estimate of drug-likeness (QED) is 0.431. The molecule has 0 unspecified atom stereocenters. The summed E-state index contributed by atoms with van der Waals surface area (Å²) in [4.78, 5) is 12.6. The van der Waals surface area contributed by atoms with Crippen LogP contribution in [0.5, 0.6) is 0 Å². The molecule has 0 radical (unpaired) electrons. The number of benzene rings is 1. The minimum Gasteiger partial charge on any atom is -0.463 e. The number of carbonyl (C=O) groups is 1. The Kier molecular flexibility index (Phi) is 4.44. The Labute approximate surface area is 153 Å². The van der Waals surface area contributed by atoms with Crippen LogP contribution in [0.15, 0.2) is 82.0 Å². The van der Waals surface area contributed by atoms with Crippen LogP contribution in [-0.2, 0) is 0 Å². The molecule has 0 atom stereocenters. The Bertz CT molecular complexity index is 1020. The zero-order chi connectivity index (χ0) is 17.8. The third-order valence-electron chi connectivity index (χ3n) is 3.63. The SMILES string of the molecule is O=C(N/N=C/c1cn(-c2ccccc2)nc1-c1ccco1)c1cccs1. The van der Waals surface area contributed by atoms with Gasteiger partial charge >= 0.3 is 0 Å². The number of hydrogen-bond donors (Lipinski definition) is 1. The van der Waals surface area contributed by atoms with Crippen molar-refractivity contribution in [1.82, 2.24) is 15.2 Å². The molecule has 0 bridgehead atoms. The number of thiophene rings is 1. The van der Waals surface area contributed by atoms with Crippen molar-refractivity contribution in [3.63, 3.8) is 0 Å². The second-order valence-electron chi connectivity index (χ2n) is 5.37. The van der Waals surface area contributed by atoms with E-state index in [4.69, 9.17) is 4.42 Å². The van der Waals surface area contributed by atoms with Gasteiger partial charge in [-0.1, -0.05) is 24.3 Å². The lowest BCUT2D eigenvalue weighted by atomic mass is 10.2. The maximum atomic E-state index is 12.0. The fourth-order valence-electron chi connectivity index (χ4n) is 2.42. The molecule has 0 spiro atoms. The normalized spacial score (nSPS) is 11.1. The predicted molar refractivity (Wildman–Crippen MR) is 101 cm³/mol. The number of hydrazone groups is 1. The van der Waals surface area contributed by atoms with Crippen molar-refractivity contribution in [3.8, 4) is 17.1 Å². The summed E-state index contributed by atoms with van der Waals surface area (Å²) in [6.07, 6.45) is 5.00. The maximum Gasteiger partial charge on any atom is 0.281 e. The van der Waals surface area contributed by atoms with E-state index in [-0.39, 0.29) is 5.91 Å². The van der Waals surface area contributed by atoms with Gasteiger partial charge in [0.25, 0.3) is 5.91 Å². The number of carbonyl (C=O) groups excluding carboxylic acids is 1. The van der Waals surface area contributed by atoms with Crippen molar-refractivity contribution in [2.24, 2.45) is 5.10 Å². The van der Waals surface area contributed by atoms with Gasteiger partial charge in [0, 0.05) is 11.8 Å². The number of nitrogens with zero attached hydrogens (tertiary/aromatic N) is 3. The Morgan fingerprint density at radius 1 is 1.15 bits per heavy atom. The molecule has 7 heteroatoms. The smallest absolute Gasteiger partial charge is 0.281 e. The Hall–Kier alpha value is -3.45. The van der Waals surface area contributed by atoms with Crippen molar-refractivity contribution >= 4 is 23.5 Å². The summed E-state index contributed by atoms with van der Waals surface area (Å²) in [6, 6.07) is 17.0. The first-order chi connectivity index (χ1) is 12.8. The van der Waals surface area contributed by atoms with Crippen LogP contribution in [0.2, 0.25) is 0 Å². The Morgan fingerprint density at radius 3 is 2.77 bits per heavy atom. The van der Waals surface area contributed by atoms with E-state index in [0.717, 1.165) is 11.3 Å².